The largest absolute Gasteiger partial charge is 0.379 e. The Labute approximate surface area is 96.8 Å². The van der Waals surface area contributed by atoms with Crippen LogP contribution in [0.2, 0.25) is 0 Å². The molecule has 2 N–H and O–H groups in total. The van der Waals surface area contributed by atoms with Crippen LogP contribution in [0.5, 0.6) is 0 Å². The lowest BCUT2D eigenvalue weighted by Crippen LogP contribution is -2.24. The zero-order valence-electron chi connectivity index (χ0n) is 10.1. The van der Waals surface area contributed by atoms with Crippen molar-refractivity contribution >= 4 is 0 Å². The van der Waals surface area contributed by atoms with E-state index in [4.69, 9.17) is 10.5 Å². The Morgan fingerprint density at radius 1 is 1.62 bits per heavy atom. The standard InChI is InChI=1S/C12H21N3O/c1-3-9(13)11-7-14-8-15(11)10-5-4-6-12(10)16-2/h7-10,12H,3-6,13H2,1-2H3/t9-,10?,12?/m1/s1. The van der Waals surface area contributed by atoms with Crippen molar-refractivity contribution in [3.8, 4) is 0 Å². The number of nitrogens with zero attached hydrogens (tertiary/aromatic N) is 2. The number of methoxy groups -OCH3 is 1. The summed E-state index contributed by atoms with van der Waals surface area (Å²) >= 11 is 0. The van der Waals surface area contributed by atoms with Crippen LogP contribution < -0.4 is 5.73 Å². The number of nitrogens with two attached hydrogens (primary N) is 1. The topological polar surface area (TPSA) is 53.1 Å². The maximum atomic E-state index is 6.09. The van der Waals surface area contributed by atoms with Gasteiger partial charge in [-0.1, -0.05) is 6.92 Å². The summed E-state index contributed by atoms with van der Waals surface area (Å²) in [4.78, 5) is 4.23. The summed E-state index contributed by atoms with van der Waals surface area (Å²) in [6, 6.07) is 0.501. The Kier molecular flexibility index (Phi) is 3.61. The third-order valence-corrected chi connectivity index (χ3v) is 3.59. The molecule has 1 saturated carbocycles. The molecule has 16 heavy (non-hydrogen) atoms. The molecule has 0 spiro atoms. The van der Waals surface area contributed by atoms with E-state index in [0.29, 0.717) is 12.1 Å². The van der Waals surface area contributed by atoms with Crippen LogP contribution in [-0.4, -0.2) is 22.8 Å². The van der Waals surface area contributed by atoms with E-state index < -0.39 is 0 Å². The first-order valence-corrected chi connectivity index (χ1v) is 6.08. The van der Waals surface area contributed by atoms with Gasteiger partial charge in [-0.3, -0.25) is 0 Å². The van der Waals surface area contributed by atoms with Gasteiger partial charge in [-0.15, -0.1) is 0 Å². The van der Waals surface area contributed by atoms with Gasteiger partial charge in [-0.2, -0.15) is 0 Å². The molecule has 1 fully saturated rings. The molecule has 1 aliphatic rings. The minimum atomic E-state index is 0.0839. The molecular formula is C12H21N3O. The summed E-state index contributed by atoms with van der Waals surface area (Å²) in [5.74, 6) is 0. The fourth-order valence-electron chi connectivity index (χ4n) is 2.59. The molecule has 1 heterocycles. The Morgan fingerprint density at radius 2 is 2.44 bits per heavy atom. The minimum Gasteiger partial charge on any atom is -0.379 e. The van der Waals surface area contributed by atoms with Crippen LogP contribution in [0.4, 0.5) is 0 Å². The highest BCUT2D eigenvalue weighted by Crippen LogP contribution is 2.34. The number of imidazole rings is 1. The molecule has 3 atom stereocenters. The maximum Gasteiger partial charge on any atom is 0.0952 e. The van der Waals surface area contributed by atoms with Crippen LogP contribution in [0.1, 0.15) is 50.4 Å². The van der Waals surface area contributed by atoms with Gasteiger partial charge >= 0.3 is 0 Å². The van der Waals surface area contributed by atoms with Crippen molar-refractivity contribution in [3.63, 3.8) is 0 Å². The molecule has 2 unspecified atom stereocenters. The van der Waals surface area contributed by atoms with Crippen molar-refractivity contribution in [2.45, 2.75) is 50.8 Å². The second-order valence-electron chi connectivity index (χ2n) is 4.51. The number of hydrogen-bond acceptors (Lipinski definition) is 3. The molecule has 0 radical (unpaired) electrons. The van der Waals surface area contributed by atoms with Gasteiger partial charge in [0.15, 0.2) is 0 Å². The Morgan fingerprint density at radius 3 is 3.12 bits per heavy atom. The SMILES string of the molecule is CC[C@@H](N)c1cncn1C1CCCC1OC. The van der Waals surface area contributed by atoms with E-state index in [1.807, 2.05) is 12.5 Å². The molecule has 0 aromatic carbocycles. The van der Waals surface area contributed by atoms with Gasteiger partial charge in [0.1, 0.15) is 0 Å². The summed E-state index contributed by atoms with van der Waals surface area (Å²) in [5, 5.41) is 0. The average Bonchev–Trinajstić information content (AvgIpc) is 2.94. The molecule has 4 heteroatoms. The van der Waals surface area contributed by atoms with Crippen molar-refractivity contribution in [2.24, 2.45) is 5.73 Å². The van der Waals surface area contributed by atoms with E-state index in [2.05, 4.69) is 16.5 Å². The summed E-state index contributed by atoms with van der Waals surface area (Å²) in [5.41, 5.74) is 7.23. The second-order valence-corrected chi connectivity index (χ2v) is 4.51. The van der Waals surface area contributed by atoms with Gasteiger partial charge < -0.3 is 15.0 Å². The van der Waals surface area contributed by atoms with Crippen molar-refractivity contribution in [3.05, 3.63) is 18.2 Å². The van der Waals surface area contributed by atoms with Crippen molar-refractivity contribution in [1.29, 1.82) is 0 Å². The van der Waals surface area contributed by atoms with E-state index >= 15 is 0 Å². The first-order chi connectivity index (χ1) is 7.77. The smallest absolute Gasteiger partial charge is 0.0952 e. The number of rotatable bonds is 4. The van der Waals surface area contributed by atoms with Crippen molar-refractivity contribution < 1.29 is 4.74 Å². The molecule has 4 nitrogen and oxygen atoms in total. The zero-order valence-corrected chi connectivity index (χ0v) is 10.1. The van der Waals surface area contributed by atoms with Crippen LogP contribution in [0, 0.1) is 0 Å². The Hall–Kier alpha value is -0.870. The summed E-state index contributed by atoms with van der Waals surface area (Å²) in [7, 11) is 1.79. The molecule has 0 aliphatic heterocycles. The Balaban J connectivity index is 2.22. The molecule has 1 aromatic heterocycles. The zero-order chi connectivity index (χ0) is 11.5. The third kappa shape index (κ3) is 1.99. The van der Waals surface area contributed by atoms with Crippen LogP contribution in [0.15, 0.2) is 12.5 Å². The fourth-order valence-corrected chi connectivity index (χ4v) is 2.59. The molecule has 0 amide bonds. The molecule has 90 valence electrons. The maximum absolute atomic E-state index is 6.09. The van der Waals surface area contributed by atoms with Gasteiger partial charge in [0.25, 0.3) is 0 Å². The number of hydrogen-bond donors (Lipinski definition) is 1. The highest BCUT2D eigenvalue weighted by Gasteiger charge is 2.30. The van der Waals surface area contributed by atoms with E-state index in [1.165, 1.54) is 6.42 Å². The van der Waals surface area contributed by atoms with Crippen molar-refractivity contribution in [1.82, 2.24) is 9.55 Å². The number of aromatic nitrogens is 2. The first kappa shape index (κ1) is 11.6. The molecule has 0 saturated heterocycles. The van der Waals surface area contributed by atoms with Gasteiger partial charge in [0.05, 0.1) is 24.2 Å². The number of ether oxygens (including phenoxy) is 1. The summed E-state index contributed by atoms with van der Waals surface area (Å²) in [6.07, 6.45) is 8.57. The van der Waals surface area contributed by atoms with Crippen LogP contribution in [0.25, 0.3) is 0 Å². The van der Waals surface area contributed by atoms with Gasteiger partial charge in [0, 0.05) is 19.3 Å². The lowest BCUT2D eigenvalue weighted by atomic mass is 10.1. The molecule has 1 aliphatic carbocycles. The van der Waals surface area contributed by atoms with Crippen LogP contribution in [0.3, 0.4) is 0 Å². The molecule has 0 bridgehead atoms. The van der Waals surface area contributed by atoms with E-state index in [0.717, 1.165) is 25.0 Å². The van der Waals surface area contributed by atoms with E-state index in [9.17, 15) is 0 Å². The molecule has 1 aromatic rings. The fraction of sp³-hybridized carbons (Fsp3) is 0.750. The van der Waals surface area contributed by atoms with Crippen molar-refractivity contribution in [2.75, 3.05) is 7.11 Å². The van der Waals surface area contributed by atoms with E-state index in [-0.39, 0.29) is 6.04 Å². The quantitative estimate of drug-likeness (QED) is 0.849. The van der Waals surface area contributed by atoms with Gasteiger partial charge in [-0.25, -0.2) is 4.98 Å². The predicted octanol–water partition coefficient (Wildman–Crippen LogP) is 2.03. The second kappa shape index (κ2) is 4.97. The lowest BCUT2D eigenvalue weighted by Gasteiger charge is -2.23. The highest BCUT2D eigenvalue weighted by molar-refractivity contribution is 5.07. The normalized spacial score (nSPS) is 27.2. The third-order valence-electron chi connectivity index (χ3n) is 3.59. The van der Waals surface area contributed by atoms with E-state index in [1.54, 1.807) is 7.11 Å². The van der Waals surface area contributed by atoms with Crippen LogP contribution in [-0.2, 0) is 4.74 Å². The lowest BCUT2D eigenvalue weighted by molar-refractivity contribution is 0.0737. The molecular weight excluding hydrogens is 202 g/mol. The molecule has 2 rings (SSSR count). The average molecular weight is 223 g/mol. The first-order valence-electron chi connectivity index (χ1n) is 6.08. The van der Waals surface area contributed by atoms with Crippen LogP contribution >= 0.6 is 0 Å². The predicted molar refractivity (Wildman–Crippen MR) is 63.1 cm³/mol. The monoisotopic (exact) mass is 223 g/mol. The minimum absolute atomic E-state index is 0.0839. The highest BCUT2D eigenvalue weighted by atomic mass is 16.5. The van der Waals surface area contributed by atoms with Gasteiger partial charge in [-0.05, 0) is 25.7 Å². The summed E-state index contributed by atoms with van der Waals surface area (Å²) in [6.45, 7) is 2.10. The van der Waals surface area contributed by atoms with Gasteiger partial charge in [0.2, 0.25) is 0 Å². The Bertz CT molecular complexity index is 337. The summed E-state index contributed by atoms with van der Waals surface area (Å²) < 4.78 is 7.74.